The lowest BCUT2D eigenvalue weighted by Crippen LogP contribution is -2.50. The predicted molar refractivity (Wildman–Crippen MR) is 66.9 cm³/mol. The number of ether oxygens (including phenoxy) is 2. The molecule has 0 N–H and O–H groups in total. The van der Waals surface area contributed by atoms with Gasteiger partial charge in [-0.1, -0.05) is 6.07 Å². The van der Waals surface area contributed by atoms with E-state index in [1.54, 1.807) is 17.5 Å². The summed E-state index contributed by atoms with van der Waals surface area (Å²) in [7, 11) is -3.39. The molecule has 0 saturated carbocycles. The van der Waals surface area contributed by atoms with Crippen molar-refractivity contribution < 1.29 is 17.9 Å². The van der Waals surface area contributed by atoms with Crippen molar-refractivity contribution in [3.8, 4) is 0 Å². The fraction of sp³-hybridized carbons (Fsp3) is 0.636. The summed E-state index contributed by atoms with van der Waals surface area (Å²) in [5, 5.41) is 1.77. The highest BCUT2D eigenvalue weighted by atomic mass is 32.2. The maximum absolute atomic E-state index is 12.4. The van der Waals surface area contributed by atoms with E-state index in [9.17, 15) is 8.42 Å². The third-order valence-electron chi connectivity index (χ3n) is 3.29. The molecule has 18 heavy (non-hydrogen) atoms. The van der Waals surface area contributed by atoms with Crippen LogP contribution in [0.3, 0.4) is 0 Å². The minimum Gasteiger partial charge on any atom is -0.346 e. The van der Waals surface area contributed by atoms with Crippen LogP contribution in [0.15, 0.2) is 21.7 Å². The second-order valence-electron chi connectivity index (χ2n) is 4.48. The first-order valence-corrected chi connectivity index (χ1v) is 8.26. The summed E-state index contributed by atoms with van der Waals surface area (Å²) in [5.41, 5.74) is 0. The maximum atomic E-state index is 12.4. The highest BCUT2D eigenvalue weighted by Gasteiger charge is 2.44. The SMILES string of the molecule is O=S(=O)(c1cccs1)N1CCCC2(C1)OCCO2. The van der Waals surface area contributed by atoms with Crippen LogP contribution in [0.1, 0.15) is 12.8 Å². The van der Waals surface area contributed by atoms with Gasteiger partial charge in [-0.05, 0) is 17.9 Å². The molecule has 0 amide bonds. The topological polar surface area (TPSA) is 55.8 Å². The van der Waals surface area contributed by atoms with Crippen molar-refractivity contribution >= 4 is 21.4 Å². The van der Waals surface area contributed by atoms with Crippen molar-refractivity contribution in [3.63, 3.8) is 0 Å². The molecule has 5 nitrogen and oxygen atoms in total. The van der Waals surface area contributed by atoms with E-state index in [2.05, 4.69) is 0 Å². The Morgan fingerprint density at radius 1 is 1.33 bits per heavy atom. The van der Waals surface area contributed by atoms with Gasteiger partial charge in [-0.3, -0.25) is 0 Å². The van der Waals surface area contributed by atoms with E-state index in [1.807, 2.05) is 0 Å². The van der Waals surface area contributed by atoms with Crippen LogP contribution in [0.25, 0.3) is 0 Å². The summed E-state index contributed by atoms with van der Waals surface area (Å²) in [4.78, 5) is 0. The lowest BCUT2D eigenvalue weighted by molar-refractivity contribution is -0.179. The number of rotatable bonds is 2. The highest BCUT2D eigenvalue weighted by Crippen LogP contribution is 2.33. The molecule has 0 atom stereocenters. The van der Waals surface area contributed by atoms with Crippen molar-refractivity contribution in [3.05, 3.63) is 17.5 Å². The summed E-state index contributed by atoms with van der Waals surface area (Å²) < 4.78 is 37.9. The zero-order valence-corrected chi connectivity index (χ0v) is 11.5. The van der Waals surface area contributed by atoms with E-state index in [0.717, 1.165) is 12.8 Å². The molecule has 2 fully saturated rings. The molecule has 1 aromatic heterocycles. The number of nitrogens with zero attached hydrogens (tertiary/aromatic N) is 1. The van der Waals surface area contributed by atoms with Gasteiger partial charge in [-0.25, -0.2) is 8.42 Å². The zero-order valence-electron chi connectivity index (χ0n) is 9.87. The van der Waals surface area contributed by atoms with E-state index in [4.69, 9.17) is 9.47 Å². The third-order valence-corrected chi connectivity index (χ3v) is 6.50. The van der Waals surface area contributed by atoms with Gasteiger partial charge in [0.05, 0.1) is 19.8 Å². The number of hydrogen-bond acceptors (Lipinski definition) is 5. The predicted octanol–water partition coefficient (Wildman–Crippen LogP) is 1.28. The molecule has 0 unspecified atom stereocenters. The standard InChI is InChI=1S/C11H15NO4S2/c13-18(14,10-3-1-8-17-10)12-5-2-4-11(9-12)15-6-7-16-11/h1,3,8H,2,4-7,9H2. The summed E-state index contributed by atoms with van der Waals surface area (Å²) in [6.45, 7) is 1.93. The normalized spacial score (nSPS) is 24.7. The van der Waals surface area contributed by atoms with Crippen molar-refractivity contribution in [1.82, 2.24) is 4.31 Å². The molecule has 2 aliphatic rings. The minimum atomic E-state index is -3.39. The Morgan fingerprint density at radius 2 is 2.11 bits per heavy atom. The molecule has 7 heteroatoms. The average molecular weight is 289 g/mol. The lowest BCUT2D eigenvalue weighted by atomic mass is 10.1. The van der Waals surface area contributed by atoms with Crippen molar-refractivity contribution in [2.75, 3.05) is 26.3 Å². The summed E-state index contributed by atoms with van der Waals surface area (Å²) >= 11 is 1.24. The van der Waals surface area contributed by atoms with E-state index in [0.29, 0.717) is 30.5 Å². The molecule has 0 aromatic carbocycles. The van der Waals surface area contributed by atoms with E-state index < -0.39 is 15.8 Å². The van der Waals surface area contributed by atoms with E-state index >= 15 is 0 Å². The van der Waals surface area contributed by atoms with Crippen LogP contribution < -0.4 is 0 Å². The molecule has 100 valence electrons. The molecule has 0 aliphatic carbocycles. The van der Waals surface area contributed by atoms with Gasteiger partial charge in [-0.15, -0.1) is 11.3 Å². The molecule has 1 spiro atoms. The summed E-state index contributed by atoms with van der Waals surface area (Å²) in [6.07, 6.45) is 1.54. The van der Waals surface area contributed by atoms with Gasteiger partial charge in [0, 0.05) is 13.0 Å². The number of hydrogen-bond donors (Lipinski definition) is 0. The van der Waals surface area contributed by atoms with Gasteiger partial charge in [0.15, 0.2) is 5.79 Å². The first-order valence-electron chi connectivity index (χ1n) is 5.94. The Morgan fingerprint density at radius 3 is 2.78 bits per heavy atom. The number of thiophene rings is 1. The quantitative estimate of drug-likeness (QED) is 0.823. The first-order chi connectivity index (χ1) is 8.62. The third kappa shape index (κ3) is 2.10. The average Bonchev–Trinajstić information content (AvgIpc) is 3.01. The monoisotopic (exact) mass is 289 g/mol. The fourth-order valence-corrected chi connectivity index (χ4v) is 5.09. The summed E-state index contributed by atoms with van der Waals surface area (Å²) in [5.74, 6) is -0.706. The van der Waals surface area contributed by atoms with Gasteiger partial charge in [0.25, 0.3) is 10.0 Å². The number of piperidine rings is 1. The van der Waals surface area contributed by atoms with Gasteiger partial charge in [0.1, 0.15) is 4.21 Å². The smallest absolute Gasteiger partial charge is 0.252 e. The van der Waals surface area contributed by atoms with Crippen LogP contribution in [-0.2, 0) is 19.5 Å². The largest absolute Gasteiger partial charge is 0.346 e. The molecule has 0 radical (unpaired) electrons. The van der Waals surface area contributed by atoms with Gasteiger partial charge >= 0.3 is 0 Å². The first kappa shape index (κ1) is 12.6. The van der Waals surface area contributed by atoms with Crippen LogP contribution in [0.2, 0.25) is 0 Å². The van der Waals surface area contributed by atoms with Gasteiger partial charge < -0.3 is 9.47 Å². The Kier molecular flexibility index (Phi) is 3.19. The van der Waals surface area contributed by atoms with Crippen molar-refractivity contribution in [1.29, 1.82) is 0 Å². The Labute approximate surface area is 110 Å². The summed E-state index contributed by atoms with van der Waals surface area (Å²) in [6, 6.07) is 3.39. The van der Waals surface area contributed by atoms with E-state index in [-0.39, 0.29) is 0 Å². The molecule has 2 aliphatic heterocycles. The van der Waals surface area contributed by atoms with Crippen LogP contribution >= 0.6 is 11.3 Å². The Balaban J connectivity index is 1.84. The maximum Gasteiger partial charge on any atom is 0.252 e. The fourth-order valence-electron chi connectivity index (χ4n) is 2.43. The molecule has 0 bridgehead atoms. The highest BCUT2D eigenvalue weighted by molar-refractivity contribution is 7.91. The molecule has 3 rings (SSSR count). The Hall–Kier alpha value is -0.470. The van der Waals surface area contributed by atoms with E-state index in [1.165, 1.54) is 15.6 Å². The second-order valence-corrected chi connectivity index (χ2v) is 7.59. The van der Waals surface area contributed by atoms with Gasteiger partial charge in [0.2, 0.25) is 0 Å². The Bertz CT molecular complexity index is 505. The molecule has 3 heterocycles. The van der Waals surface area contributed by atoms with Crippen LogP contribution in [0.4, 0.5) is 0 Å². The van der Waals surface area contributed by atoms with Gasteiger partial charge in [-0.2, -0.15) is 4.31 Å². The second kappa shape index (κ2) is 4.57. The lowest BCUT2D eigenvalue weighted by Gasteiger charge is -2.37. The molecular formula is C11H15NO4S2. The van der Waals surface area contributed by atoms with Crippen molar-refractivity contribution in [2.24, 2.45) is 0 Å². The van der Waals surface area contributed by atoms with Crippen LogP contribution in [0, 0.1) is 0 Å². The molecule has 2 saturated heterocycles. The zero-order chi connectivity index (χ0) is 12.6. The molecular weight excluding hydrogens is 274 g/mol. The van der Waals surface area contributed by atoms with Crippen molar-refractivity contribution in [2.45, 2.75) is 22.8 Å². The minimum absolute atomic E-state index is 0.299. The van der Waals surface area contributed by atoms with Crippen LogP contribution in [-0.4, -0.2) is 44.8 Å². The van der Waals surface area contributed by atoms with Crippen LogP contribution in [0.5, 0.6) is 0 Å². The number of sulfonamides is 1. The molecule has 1 aromatic rings.